The minimum absolute atomic E-state index is 0.00914. The maximum atomic E-state index is 11.2. The molecule has 17 heavy (non-hydrogen) atoms. The third kappa shape index (κ3) is 4.65. The Bertz CT molecular complexity index is 382. The van der Waals surface area contributed by atoms with Gasteiger partial charge in [-0.1, -0.05) is 22.0 Å². The third-order valence-electron chi connectivity index (χ3n) is 2.33. The van der Waals surface area contributed by atoms with Crippen LogP contribution in [0.15, 0.2) is 18.2 Å². The summed E-state index contributed by atoms with van der Waals surface area (Å²) in [7, 11) is 1.55. The predicted octanol–water partition coefficient (Wildman–Crippen LogP) is 1.84. The van der Waals surface area contributed by atoms with Crippen LogP contribution in [0.5, 0.6) is 11.5 Å². The average molecular weight is 302 g/mol. The monoisotopic (exact) mass is 301 g/mol. The van der Waals surface area contributed by atoms with E-state index in [0.29, 0.717) is 30.5 Å². The number of phenols is 1. The van der Waals surface area contributed by atoms with Crippen molar-refractivity contribution < 1.29 is 14.6 Å². The standard InChI is InChI=1S/C12H16BrNO3/c1-17-10-3-2-9(11(15)8-10)5-7-14-12(16)4-6-13/h2-3,8,15H,4-7H2,1H3,(H,14,16). The number of phenolic OH excluding ortho intramolecular Hbond substituents is 1. The number of hydrogen-bond acceptors (Lipinski definition) is 3. The van der Waals surface area contributed by atoms with Crippen LogP contribution in [-0.2, 0) is 11.2 Å². The lowest BCUT2D eigenvalue weighted by molar-refractivity contribution is -0.120. The van der Waals surface area contributed by atoms with E-state index < -0.39 is 0 Å². The Morgan fingerprint density at radius 1 is 1.53 bits per heavy atom. The highest BCUT2D eigenvalue weighted by Crippen LogP contribution is 2.23. The zero-order valence-electron chi connectivity index (χ0n) is 9.70. The molecule has 0 spiro atoms. The van der Waals surface area contributed by atoms with E-state index in [0.717, 1.165) is 5.56 Å². The molecule has 0 bridgehead atoms. The van der Waals surface area contributed by atoms with E-state index in [4.69, 9.17) is 4.74 Å². The second-order valence-corrected chi connectivity index (χ2v) is 4.33. The first kappa shape index (κ1) is 13.8. The van der Waals surface area contributed by atoms with E-state index >= 15 is 0 Å². The van der Waals surface area contributed by atoms with Crippen molar-refractivity contribution in [2.24, 2.45) is 0 Å². The Balaban J connectivity index is 2.44. The highest BCUT2D eigenvalue weighted by Gasteiger charge is 2.04. The molecule has 2 N–H and O–H groups in total. The summed E-state index contributed by atoms with van der Waals surface area (Å²) < 4.78 is 4.99. The molecule has 94 valence electrons. The average Bonchev–Trinajstić information content (AvgIpc) is 2.31. The zero-order chi connectivity index (χ0) is 12.7. The molecule has 0 aliphatic carbocycles. The van der Waals surface area contributed by atoms with Gasteiger partial charge in [0.05, 0.1) is 7.11 Å². The molecule has 5 heteroatoms. The first-order valence-electron chi connectivity index (χ1n) is 5.36. The fraction of sp³-hybridized carbons (Fsp3) is 0.417. The number of rotatable bonds is 6. The van der Waals surface area contributed by atoms with Crippen molar-refractivity contribution in [2.75, 3.05) is 19.0 Å². The summed E-state index contributed by atoms with van der Waals surface area (Å²) in [5.41, 5.74) is 0.796. The van der Waals surface area contributed by atoms with Gasteiger partial charge in [0.25, 0.3) is 0 Å². The molecule has 0 saturated carbocycles. The van der Waals surface area contributed by atoms with Gasteiger partial charge in [0, 0.05) is 24.4 Å². The Morgan fingerprint density at radius 2 is 2.29 bits per heavy atom. The van der Waals surface area contributed by atoms with Crippen LogP contribution >= 0.6 is 15.9 Å². The second-order valence-electron chi connectivity index (χ2n) is 3.53. The molecule has 0 radical (unpaired) electrons. The molecule has 1 aromatic rings. The molecule has 1 amide bonds. The summed E-state index contributed by atoms with van der Waals surface area (Å²) in [6.45, 7) is 0.520. The summed E-state index contributed by atoms with van der Waals surface area (Å²) in [5, 5.41) is 13.1. The number of carbonyl (C=O) groups excluding carboxylic acids is 1. The highest BCUT2D eigenvalue weighted by atomic mass is 79.9. The van der Waals surface area contributed by atoms with Crippen LogP contribution < -0.4 is 10.1 Å². The number of benzene rings is 1. The SMILES string of the molecule is COc1ccc(CCNC(=O)CCBr)c(O)c1. The smallest absolute Gasteiger partial charge is 0.220 e. The van der Waals surface area contributed by atoms with Crippen molar-refractivity contribution in [1.82, 2.24) is 5.32 Å². The Labute approximate surface area is 109 Å². The van der Waals surface area contributed by atoms with Crippen molar-refractivity contribution in [3.05, 3.63) is 23.8 Å². The molecule has 0 unspecified atom stereocenters. The molecular formula is C12H16BrNO3. The van der Waals surface area contributed by atoms with Crippen molar-refractivity contribution in [1.29, 1.82) is 0 Å². The van der Waals surface area contributed by atoms with Crippen LogP contribution in [0, 0.1) is 0 Å². The predicted molar refractivity (Wildman–Crippen MR) is 69.8 cm³/mol. The minimum atomic E-state index is 0.00914. The van der Waals surface area contributed by atoms with Crippen LogP contribution in [-0.4, -0.2) is 30.0 Å². The number of amides is 1. The first-order valence-corrected chi connectivity index (χ1v) is 6.48. The summed E-state index contributed by atoms with van der Waals surface area (Å²) >= 11 is 3.20. The van der Waals surface area contributed by atoms with Gasteiger partial charge in [-0.3, -0.25) is 4.79 Å². The maximum Gasteiger partial charge on any atom is 0.220 e. The van der Waals surface area contributed by atoms with E-state index in [1.807, 2.05) is 0 Å². The van der Waals surface area contributed by atoms with Crippen molar-refractivity contribution in [3.63, 3.8) is 0 Å². The number of nitrogens with one attached hydrogen (secondary N) is 1. The van der Waals surface area contributed by atoms with Gasteiger partial charge in [-0.2, -0.15) is 0 Å². The number of alkyl halides is 1. The molecule has 0 saturated heterocycles. The van der Waals surface area contributed by atoms with E-state index in [-0.39, 0.29) is 11.7 Å². The molecular weight excluding hydrogens is 286 g/mol. The summed E-state index contributed by atoms with van der Waals surface area (Å²) in [6, 6.07) is 5.15. The number of methoxy groups -OCH3 is 1. The topological polar surface area (TPSA) is 58.6 Å². The summed E-state index contributed by atoms with van der Waals surface area (Å²) in [4.78, 5) is 11.2. The third-order valence-corrected chi connectivity index (χ3v) is 2.73. The molecule has 0 atom stereocenters. The lowest BCUT2D eigenvalue weighted by Gasteiger charge is -2.07. The quantitative estimate of drug-likeness (QED) is 0.788. The fourth-order valence-electron chi connectivity index (χ4n) is 1.39. The maximum absolute atomic E-state index is 11.2. The van der Waals surface area contributed by atoms with Gasteiger partial charge in [-0.15, -0.1) is 0 Å². The fourth-order valence-corrected chi connectivity index (χ4v) is 1.75. The molecule has 0 fully saturated rings. The molecule has 0 aliphatic heterocycles. The number of aromatic hydroxyl groups is 1. The summed E-state index contributed by atoms with van der Waals surface area (Å²) in [5.74, 6) is 0.823. The van der Waals surface area contributed by atoms with Crippen LogP contribution in [0.2, 0.25) is 0 Å². The number of halogens is 1. The molecule has 0 heterocycles. The van der Waals surface area contributed by atoms with E-state index in [1.54, 1.807) is 25.3 Å². The van der Waals surface area contributed by atoms with Gasteiger partial charge in [-0.25, -0.2) is 0 Å². The van der Waals surface area contributed by atoms with Crippen molar-refractivity contribution in [2.45, 2.75) is 12.8 Å². The first-order chi connectivity index (χ1) is 8.17. The number of hydrogen-bond donors (Lipinski definition) is 2. The highest BCUT2D eigenvalue weighted by molar-refractivity contribution is 9.09. The van der Waals surface area contributed by atoms with Gasteiger partial charge < -0.3 is 15.2 Å². The van der Waals surface area contributed by atoms with Gasteiger partial charge in [0.1, 0.15) is 11.5 Å². The van der Waals surface area contributed by atoms with Gasteiger partial charge in [0.2, 0.25) is 5.91 Å². The Kier molecular flexibility index (Phi) is 5.83. The lowest BCUT2D eigenvalue weighted by atomic mass is 10.1. The van der Waals surface area contributed by atoms with Crippen LogP contribution in [0.3, 0.4) is 0 Å². The number of carbonyl (C=O) groups is 1. The summed E-state index contributed by atoms with van der Waals surface area (Å²) in [6.07, 6.45) is 1.07. The Morgan fingerprint density at radius 3 is 2.88 bits per heavy atom. The molecule has 0 aliphatic rings. The van der Waals surface area contributed by atoms with Gasteiger partial charge in [0.15, 0.2) is 0 Å². The van der Waals surface area contributed by atoms with Gasteiger partial charge >= 0.3 is 0 Å². The zero-order valence-corrected chi connectivity index (χ0v) is 11.3. The van der Waals surface area contributed by atoms with E-state index in [2.05, 4.69) is 21.2 Å². The van der Waals surface area contributed by atoms with E-state index in [9.17, 15) is 9.90 Å². The van der Waals surface area contributed by atoms with Crippen LogP contribution in [0.4, 0.5) is 0 Å². The largest absolute Gasteiger partial charge is 0.508 e. The van der Waals surface area contributed by atoms with Gasteiger partial charge in [-0.05, 0) is 18.1 Å². The number of ether oxygens (including phenoxy) is 1. The normalized spacial score (nSPS) is 10.0. The van der Waals surface area contributed by atoms with Crippen LogP contribution in [0.1, 0.15) is 12.0 Å². The van der Waals surface area contributed by atoms with Crippen LogP contribution in [0.25, 0.3) is 0 Å². The molecule has 1 aromatic carbocycles. The molecule has 1 rings (SSSR count). The van der Waals surface area contributed by atoms with Crippen molar-refractivity contribution in [3.8, 4) is 11.5 Å². The van der Waals surface area contributed by atoms with Crippen molar-refractivity contribution >= 4 is 21.8 Å². The Hall–Kier alpha value is -1.23. The minimum Gasteiger partial charge on any atom is -0.508 e. The van der Waals surface area contributed by atoms with E-state index in [1.165, 1.54) is 0 Å². The second kappa shape index (κ2) is 7.17. The molecule has 0 aromatic heterocycles. The lowest BCUT2D eigenvalue weighted by Crippen LogP contribution is -2.25. The molecule has 4 nitrogen and oxygen atoms in total.